The molecule has 2 unspecified atom stereocenters. The Morgan fingerprint density at radius 1 is 1.13 bits per heavy atom. The number of nitrogens with one attached hydrogen (secondary N) is 1. The van der Waals surface area contributed by atoms with E-state index in [-0.39, 0.29) is 0 Å². The lowest BCUT2D eigenvalue weighted by Crippen LogP contribution is -2.38. The van der Waals surface area contributed by atoms with Crippen LogP contribution >= 0.6 is 0 Å². The molecule has 92 valence electrons. The summed E-state index contributed by atoms with van der Waals surface area (Å²) in [5, 5.41) is 3.41. The van der Waals surface area contributed by atoms with Crippen LogP contribution in [0.25, 0.3) is 0 Å². The van der Waals surface area contributed by atoms with Gasteiger partial charge in [-0.1, -0.05) is 53.4 Å². The van der Waals surface area contributed by atoms with Crippen LogP contribution in [0.4, 0.5) is 0 Å². The Morgan fingerprint density at radius 2 is 1.80 bits per heavy atom. The van der Waals surface area contributed by atoms with E-state index in [9.17, 15) is 0 Å². The Morgan fingerprint density at radius 3 is 2.20 bits per heavy atom. The van der Waals surface area contributed by atoms with E-state index in [1.807, 2.05) is 0 Å². The van der Waals surface area contributed by atoms with Gasteiger partial charge >= 0.3 is 0 Å². The predicted octanol–water partition coefficient (Wildman–Crippen LogP) is 4.23. The summed E-state index contributed by atoms with van der Waals surface area (Å²) >= 11 is 0. The van der Waals surface area contributed by atoms with Gasteiger partial charge in [0.1, 0.15) is 0 Å². The Labute approximate surface area is 97.0 Å². The van der Waals surface area contributed by atoms with E-state index in [0.29, 0.717) is 5.41 Å². The monoisotopic (exact) mass is 213 g/mol. The first-order chi connectivity index (χ1) is 7.16. The molecular weight excluding hydrogens is 182 g/mol. The van der Waals surface area contributed by atoms with E-state index in [1.54, 1.807) is 0 Å². The predicted molar refractivity (Wildman–Crippen MR) is 70.2 cm³/mol. The van der Waals surface area contributed by atoms with Crippen molar-refractivity contribution in [1.82, 2.24) is 5.32 Å². The van der Waals surface area contributed by atoms with Crippen molar-refractivity contribution in [2.75, 3.05) is 13.6 Å². The summed E-state index contributed by atoms with van der Waals surface area (Å²) in [5.74, 6) is 0.853. The van der Waals surface area contributed by atoms with Crippen LogP contribution in [0.3, 0.4) is 0 Å². The first-order valence-corrected chi connectivity index (χ1v) is 6.81. The van der Waals surface area contributed by atoms with Gasteiger partial charge in [-0.3, -0.25) is 0 Å². The van der Waals surface area contributed by atoms with E-state index in [1.165, 1.54) is 45.1 Å². The molecule has 1 N–H and O–H groups in total. The Bertz CT molecular complexity index is 144. The van der Waals surface area contributed by atoms with Gasteiger partial charge in [-0.2, -0.15) is 0 Å². The fraction of sp³-hybridized carbons (Fsp3) is 1.00. The van der Waals surface area contributed by atoms with Gasteiger partial charge in [0.15, 0.2) is 0 Å². The standard InChI is InChI=1S/C14H31N/c1-6-9-11-14(8-3,12-15-5)13(4)10-7-2/h13,15H,6-12H2,1-5H3. The van der Waals surface area contributed by atoms with E-state index >= 15 is 0 Å². The van der Waals surface area contributed by atoms with Crippen LogP contribution in [0.15, 0.2) is 0 Å². The minimum atomic E-state index is 0.542. The van der Waals surface area contributed by atoms with E-state index < -0.39 is 0 Å². The Kier molecular flexibility index (Phi) is 8.13. The zero-order chi connectivity index (χ0) is 11.7. The van der Waals surface area contributed by atoms with Crippen LogP contribution in [0.5, 0.6) is 0 Å². The third kappa shape index (κ3) is 4.55. The van der Waals surface area contributed by atoms with Gasteiger partial charge in [0.05, 0.1) is 0 Å². The van der Waals surface area contributed by atoms with E-state index in [4.69, 9.17) is 0 Å². The van der Waals surface area contributed by atoms with E-state index in [2.05, 4.69) is 40.1 Å². The highest BCUT2D eigenvalue weighted by Gasteiger charge is 2.32. The van der Waals surface area contributed by atoms with Crippen molar-refractivity contribution in [3.05, 3.63) is 0 Å². The summed E-state index contributed by atoms with van der Waals surface area (Å²) in [7, 11) is 2.09. The highest BCUT2D eigenvalue weighted by Crippen LogP contribution is 2.38. The van der Waals surface area contributed by atoms with Crippen molar-refractivity contribution in [2.24, 2.45) is 11.3 Å². The van der Waals surface area contributed by atoms with Crippen LogP contribution in [-0.2, 0) is 0 Å². The van der Waals surface area contributed by atoms with Gasteiger partial charge in [0.2, 0.25) is 0 Å². The lowest BCUT2D eigenvalue weighted by atomic mass is 9.69. The largest absolute Gasteiger partial charge is 0.319 e. The molecule has 0 heterocycles. The molecule has 15 heavy (non-hydrogen) atoms. The minimum absolute atomic E-state index is 0.542. The van der Waals surface area contributed by atoms with Crippen molar-refractivity contribution in [3.8, 4) is 0 Å². The van der Waals surface area contributed by atoms with E-state index in [0.717, 1.165) is 5.92 Å². The SMILES string of the molecule is CCCCC(CC)(CNC)C(C)CCC. The zero-order valence-corrected chi connectivity index (χ0v) is 11.5. The summed E-state index contributed by atoms with van der Waals surface area (Å²) in [6.45, 7) is 10.6. The molecule has 0 aromatic heterocycles. The van der Waals surface area contributed by atoms with Crippen molar-refractivity contribution in [3.63, 3.8) is 0 Å². The van der Waals surface area contributed by atoms with Crippen molar-refractivity contribution in [1.29, 1.82) is 0 Å². The van der Waals surface area contributed by atoms with Gasteiger partial charge < -0.3 is 5.32 Å². The maximum absolute atomic E-state index is 3.41. The molecule has 0 aliphatic heterocycles. The van der Waals surface area contributed by atoms with Crippen LogP contribution < -0.4 is 5.32 Å². The van der Waals surface area contributed by atoms with Crippen molar-refractivity contribution < 1.29 is 0 Å². The number of rotatable bonds is 9. The smallest absolute Gasteiger partial charge is 0.000725 e. The maximum Gasteiger partial charge on any atom is 0.000725 e. The molecule has 0 fully saturated rings. The topological polar surface area (TPSA) is 12.0 Å². The molecule has 0 saturated carbocycles. The van der Waals surface area contributed by atoms with Crippen molar-refractivity contribution in [2.45, 2.75) is 66.2 Å². The lowest BCUT2D eigenvalue weighted by molar-refractivity contribution is 0.134. The average Bonchev–Trinajstić information content (AvgIpc) is 2.24. The fourth-order valence-corrected chi connectivity index (χ4v) is 2.78. The van der Waals surface area contributed by atoms with Crippen LogP contribution in [0.1, 0.15) is 66.2 Å². The molecular formula is C14H31N. The molecule has 0 amide bonds. The first-order valence-electron chi connectivity index (χ1n) is 6.81. The number of hydrogen-bond donors (Lipinski definition) is 1. The number of hydrogen-bond acceptors (Lipinski definition) is 1. The second-order valence-electron chi connectivity index (χ2n) is 5.04. The molecule has 0 rings (SSSR count). The molecule has 1 heteroatoms. The second-order valence-corrected chi connectivity index (χ2v) is 5.04. The molecule has 2 atom stereocenters. The molecule has 0 aromatic carbocycles. The zero-order valence-electron chi connectivity index (χ0n) is 11.5. The van der Waals surface area contributed by atoms with Gasteiger partial charge in [-0.15, -0.1) is 0 Å². The molecule has 0 aliphatic rings. The summed E-state index contributed by atoms with van der Waals surface area (Å²) in [6.07, 6.45) is 8.10. The molecule has 0 spiro atoms. The lowest BCUT2D eigenvalue weighted by Gasteiger charge is -2.39. The van der Waals surface area contributed by atoms with Crippen LogP contribution in [-0.4, -0.2) is 13.6 Å². The minimum Gasteiger partial charge on any atom is -0.319 e. The quantitative estimate of drug-likeness (QED) is 0.604. The van der Waals surface area contributed by atoms with Gasteiger partial charge in [-0.25, -0.2) is 0 Å². The summed E-state index contributed by atoms with van der Waals surface area (Å²) in [5.41, 5.74) is 0.542. The van der Waals surface area contributed by atoms with Crippen LogP contribution in [0, 0.1) is 11.3 Å². The molecule has 0 saturated heterocycles. The molecule has 0 aliphatic carbocycles. The Hall–Kier alpha value is -0.0400. The summed E-state index contributed by atoms with van der Waals surface area (Å²) in [6, 6.07) is 0. The summed E-state index contributed by atoms with van der Waals surface area (Å²) < 4.78 is 0. The molecule has 0 radical (unpaired) electrons. The molecule has 0 aromatic rings. The second kappa shape index (κ2) is 8.15. The molecule has 0 bridgehead atoms. The fourth-order valence-electron chi connectivity index (χ4n) is 2.78. The maximum atomic E-state index is 3.41. The van der Waals surface area contributed by atoms with Gasteiger partial charge in [-0.05, 0) is 31.2 Å². The average molecular weight is 213 g/mol. The van der Waals surface area contributed by atoms with Crippen LogP contribution in [0.2, 0.25) is 0 Å². The molecule has 1 nitrogen and oxygen atoms in total. The third-order valence-electron chi connectivity index (χ3n) is 4.03. The van der Waals surface area contributed by atoms with Gasteiger partial charge in [0.25, 0.3) is 0 Å². The van der Waals surface area contributed by atoms with Crippen molar-refractivity contribution >= 4 is 0 Å². The third-order valence-corrected chi connectivity index (χ3v) is 4.03. The number of unbranched alkanes of at least 4 members (excludes halogenated alkanes) is 1. The highest BCUT2D eigenvalue weighted by atomic mass is 14.8. The first kappa shape index (κ1) is 15.0. The summed E-state index contributed by atoms with van der Waals surface area (Å²) in [4.78, 5) is 0. The Balaban J connectivity index is 4.46. The normalized spacial score (nSPS) is 17.4. The highest BCUT2D eigenvalue weighted by molar-refractivity contribution is 4.84. The van der Waals surface area contributed by atoms with Gasteiger partial charge in [0, 0.05) is 6.54 Å².